The van der Waals surface area contributed by atoms with E-state index in [2.05, 4.69) is 36.2 Å². The molecular formula is C13H19N3O. The Morgan fingerprint density at radius 3 is 2.82 bits per heavy atom. The molecule has 1 aromatic rings. The van der Waals surface area contributed by atoms with Crippen LogP contribution in [0, 0.1) is 0 Å². The van der Waals surface area contributed by atoms with E-state index in [0.29, 0.717) is 0 Å². The number of ether oxygens (including phenoxy) is 1. The summed E-state index contributed by atoms with van der Waals surface area (Å²) in [6.45, 7) is 8.96. The number of anilines is 2. The normalized spacial score (nSPS) is 22.1. The summed E-state index contributed by atoms with van der Waals surface area (Å²) < 4.78 is 5.36. The van der Waals surface area contributed by atoms with Gasteiger partial charge in [0.15, 0.2) is 0 Å². The second-order valence-corrected chi connectivity index (χ2v) is 5.40. The Morgan fingerprint density at radius 2 is 2.06 bits per heavy atom. The first kappa shape index (κ1) is 10.8. The van der Waals surface area contributed by atoms with Gasteiger partial charge in [0.1, 0.15) is 11.6 Å². The molecule has 92 valence electrons. The summed E-state index contributed by atoms with van der Waals surface area (Å²) in [5, 5.41) is 3.40. The van der Waals surface area contributed by atoms with Crippen LogP contribution in [0.4, 0.5) is 11.6 Å². The minimum absolute atomic E-state index is 0.200. The molecule has 0 bridgehead atoms. The zero-order chi connectivity index (χ0) is 11.9. The Bertz CT molecular complexity index is 425. The molecular weight excluding hydrogens is 214 g/mol. The van der Waals surface area contributed by atoms with Gasteiger partial charge in [0.05, 0.1) is 13.2 Å². The Balaban J connectivity index is 1.89. The summed E-state index contributed by atoms with van der Waals surface area (Å²) >= 11 is 0. The average Bonchev–Trinajstić information content (AvgIpc) is 2.66. The van der Waals surface area contributed by atoms with Crippen LogP contribution in [0.3, 0.4) is 0 Å². The van der Waals surface area contributed by atoms with Gasteiger partial charge in [-0.25, -0.2) is 4.98 Å². The highest BCUT2D eigenvalue weighted by Gasteiger charge is 2.31. The lowest BCUT2D eigenvalue weighted by Gasteiger charge is -2.28. The average molecular weight is 233 g/mol. The van der Waals surface area contributed by atoms with Crippen molar-refractivity contribution in [1.29, 1.82) is 0 Å². The molecule has 2 aliphatic rings. The number of morpholine rings is 1. The van der Waals surface area contributed by atoms with Crippen LogP contribution in [0.15, 0.2) is 12.1 Å². The molecule has 1 fully saturated rings. The van der Waals surface area contributed by atoms with Gasteiger partial charge in [-0.3, -0.25) is 0 Å². The lowest BCUT2D eigenvalue weighted by atomic mass is 9.88. The van der Waals surface area contributed by atoms with E-state index in [0.717, 1.165) is 44.5 Å². The summed E-state index contributed by atoms with van der Waals surface area (Å²) in [4.78, 5) is 7.02. The van der Waals surface area contributed by atoms with Crippen LogP contribution in [0.5, 0.6) is 0 Å². The molecule has 0 amide bonds. The van der Waals surface area contributed by atoms with E-state index in [9.17, 15) is 0 Å². The molecule has 0 unspecified atom stereocenters. The predicted octanol–water partition coefficient (Wildman–Crippen LogP) is 1.62. The number of nitrogens with zero attached hydrogens (tertiary/aromatic N) is 2. The smallest absolute Gasteiger partial charge is 0.132 e. The van der Waals surface area contributed by atoms with Crippen molar-refractivity contribution in [2.75, 3.05) is 43.1 Å². The van der Waals surface area contributed by atoms with Crippen LogP contribution in [-0.2, 0) is 10.2 Å². The van der Waals surface area contributed by atoms with Gasteiger partial charge in [0.25, 0.3) is 0 Å². The number of rotatable bonds is 1. The Hall–Kier alpha value is -1.29. The van der Waals surface area contributed by atoms with E-state index in [1.807, 2.05) is 0 Å². The second kappa shape index (κ2) is 3.88. The third-order valence-corrected chi connectivity index (χ3v) is 3.64. The molecule has 0 saturated carbocycles. The molecule has 4 nitrogen and oxygen atoms in total. The van der Waals surface area contributed by atoms with Gasteiger partial charge in [-0.2, -0.15) is 0 Å². The molecule has 0 atom stereocenters. The van der Waals surface area contributed by atoms with Crippen LogP contribution in [0.2, 0.25) is 0 Å². The van der Waals surface area contributed by atoms with Crippen molar-refractivity contribution in [3.05, 3.63) is 17.7 Å². The largest absolute Gasteiger partial charge is 0.378 e. The number of nitrogens with one attached hydrogen (secondary N) is 1. The highest BCUT2D eigenvalue weighted by molar-refractivity contribution is 5.59. The minimum atomic E-state index is 0.200. The number of aromatic nitrogens is 1. The van der Waals surface area contributed by atoms with Crippen LogP contribution in [0.25, 0.3) is 0 Å². The standard InChI is InChI=1S/C13H19N3O/c1-13(2)9-14-12-10(13)3-4-11(15-12)16-5-7-17-8-6-16/h3-4H,5-9H2,1-2H3,(H,14,15). The van der Waals surface area contributed by atoms with Crippen molar-refractivity contribution in [3.63, 3.8) is 0 Å². The summed E-state index contributed by atoms with van der Waals surface area (Å²) in [6.07, 6.45) is 0. The van der Waals surface area contributed by atoms with E-state index >= 15 is 0 Å². The van der Waals surface area contributed by atoms with Crippen molar-refractivity contribution in [2.45, 2.75) is 19.3 Å². The number of fused-ring (bicyclic) bond motifs is 1. The topological polar surface area (TPSA) is 37.4 Å². The quantitative estimate of drug-likeness (QED) is 0.800. The first-order valence-electron chi connectivity index (χ1n) is 6.25. The second-order valence-electron chi connectivity index (χ2n) is 5.40. The molecule has 0 aromatic carbocycles. The molecule has 0 spiro atoms. The van der Waals surface area contributed by atoms with Crippen LogP contribution < -0.4 is 10.2 Å². The summed E-state index contributed by atoms with van der Waals surface area (Å²) in [5.74, 6) is 2.12. The fourth-order valence-electron chi connectivity index (χ4n) is 2.50. The summed E-state index contributed by atoms with van der Waals surface area (Å²) in [6, 6.07) is 4.35. The van der Waals surface area contributed by atoms with E-state index < -0.39 is 0 Å². The maximum atomic E-state index is 5.36. The number of hydrogen-bond donors (Lipinski definition) is 1. The lowest BCUT2D eigenvalue weighted by molar-refractivity contribution is 0.122. The van der Waals surface area contributed by atoms with Gasteiger partial charge in [0.2, 0.25) is 0 Å². The highest BCUT2D eigenvalue weighted by Crippen LogP contribution is 2.36. The molecule has 4 heteroatoms. The first-order valence-corrected chi connectivity index (χ1v) is 6.25. The van der Waals surface area contributed by atoms with Gasteiger partial charge in [-0.1, -0.05) is 19.9 Å². The van der Waals surface area contributed by atoms with Gasteiger partial charge < -0.3 is 15.0 Å². The van der Waals surface area contributed by atoms with Crippen LogP contribution in [0.1, 0.15) is 19.4 Å². The van der Waals surface area contributed by atoms with Crippen LogP contribution in [-0.4, -0.2) is 37.8 Å². The SMILES string of the molecule is CC1(C)CNc2nc(N3CCOCC3)ccc21. The van der Waals surface area contributed by atoms with Gasteiger partial charge in [-0.05, 0) is 6.07 Å². The Kier molecular flexibility index (Phi) is 2.47. The van der Waals surface area contributed by atoms with Gasteiger partial charge in [0, 0.05) is 30.6 Å². The Morgan fingerprint density at radius 1 is 1.29 bits per heavy atom. The van der Waals surface area contributed by atoms with Gasteiger partial charge >= 0.3 is 0 Å². The number of pyridine rings is 1. The van der Waals surface area contributed by atoms with E-state index in [-0.39, 0.29) is 5.41 Å². The van der Waals surface area contributed by atoms with Crippen molar-refractivity contribution in [3.8, 4) is 0 Å². The molecule has 1 saturated heterocycles. The van der Waals surface area contributed by atoms with Gasteiger partial charge in [-0.15, -0.1) is 0 Å². The maximum Gasteiger partial charge on any atom is 0.132 e. The van der Waals surface area contributed by atoms with Crippen molar-refractivity contribution < 1.29 is 4.74 Å². The van der Waals surface area contributed by atoms with Crippen molar-refractivity contribution in [2.24, 2.45) is 0 Å². The number of hydrogen-bond acceptors (Lipinski definition) is 4. The highest BCUT2D eigenvalue weighted by atomic mass is 16.5. The fraction of sp³-hybridized carbons (Fsp3) is 0.615. The van der Waals surface area contributed by atoms with Crippen molar-refractivity contribution >= 4 is 11.6 Å². The molecule has 2 aliphatic heterocycles. The third-order valence-electron chi connectivity index (χ3n) is 3.64. The zero-order valence-corrected chi connectivity index (χ0v) is 10.5. The predicted molar refractivity (Wildman–Crippen MR) is 68.8 cm³/mol. The molecule has 3 rings (SSSR count). The first-order chi connectivity index (χ1) is 8.17. The van der Waals surface area contributed by atoms with Crippen molar-refractivity contribution in [1.82, 2.24) is 4.98 Å². The fourth-order valence-corrected chi connectivity index (χ4v) is 2.50. The van der Waals surface area contributed by atoms with E-state index in [1.165, 1.54) is 5.56 Å². The van der Waals surface area contributed by atoms with E-state index in [1.54, 1.807) is 0 Å². The van der Waals surface area contributed by atoms with E-state index in [4.69, 9.17) is 9.72 Å². The molecule has 3 heterocycles. The van der Waals surface area contributed by atoms with Crippen LogP contribution >= 0.6 is 0 Å². The summed E-state index contributed by atoms with van der Waals surface area (Å²) in [7, 11) is 0. The molecule has 0 aliphatic carbocycles. The maximum absolute atomic E-state index is 5.36. The summed E-state index contributed by atoms with van der Waals surface area (Å²) in [5.41, 5.74) is 1.53. The minimum Gasteiger partial charge on any atom is -0.378 e. The molecule has 0 radical (unpaired) electrons. The molecule has 1 aromatic heterocycles. The zero-order valence-electron chi connectivity index (χ0n) is 10.5. The lowest BCUT2D eigenvalue weighted by Crippen LogP contribution is -2.36. The molecule has 1 N–H and O–H groups in total. The monoisotopic (exact) mass is 233 g/mol. The molecule has 17 heavy (non-hydrogen) atoms. The Labute approximate surface area is 102 Å². The third kappa shape index (κ3) is 1.86.